The van der Waals surface area contributed by atoms with Gasteiger partial charge in [0.1, 0.15) is 17.9 Å². The minimum Gasteiger partial charge on any atom is -0.480 e. The first kappa shape index (κ1) is 33.3. The Bertz CT molecular complexity index is 1200. The standard InChI is InChI=1S/C31H41NO9/c1-20(38-29(37)39-22-11-9-8-10-12-22)19-32-23(28(35)36)15-21-13-14-24(40-26(33)17-30(2,3)4)25(16-21)41-27(34)18-31(5,6)7/h8-14,16,20,23,32H,15,17-19H2,1-7H3,(H,35,36)/t20?,23-/m0/s1. The Morgan fingerprint density at radius 1 is 0.805 bits per heavy atom. The maximum absolute atomic E-state index is 12.6. The van der Waals surface area contributed by atoms with E-state index in [0.29, 0.717) is 11.3 Å². The van der Waals surface area contributed by atoms with Crippen LogP contribution < -0.4 is 19.5 Å². The summed E-state index contributed by atoms with van der Waals surface area (Å²) in [6.07, 6.45) is -1.32. The van der Waals surface area contributed by atoms with Crippen LogP contribution in [0.1, 0.15) is 66.9 Å². The third-order valence-electron chi connectivity index (χ3n) is 5.44. The Kier molecular flexibility index (Phi) is 11.9. The summed E-state index contributed by atoms with van der Waals surface area (Å²) in [6.45, 7) is 13.0. The molecule has 224 valence electrons. The normalized spacial score (nSPS) is 13.0. The Labute approximate surface area is 241 Å². The second-order valence-corrected chi connectivity index (χ2v) is 12.3. The van der Waals surface area contributed by atoms with E-state index in [2.05, 4.69) is 5.32 Å². The molecule has 10 nitrogen and oxygen atoms in total. The number of benzene rings is 2. The third kappa shape index (κ3) is 13.3. The predicted molar refractivity (Wildman–Crippen MR) is 152 cm³/mol. The fourth-order valence-electron chi connectivity index (χ4n) is 3.63. The fourth-order valence-corrected chi connectivity index (χ4v) is 3.63. The van der Waals surface area contributed by atoms with Crippen molar-refractivity contribution in [3.05, 3.63) is 54.1 Å². The highest BCUT2D eigenvalue weighted by Crippen LogP contribution is 2.32. The van der Waals surface area contributed by atoms with Gasteiger partial charge in [-0.05, 0) is 54.0 Å². The second-order valence-electron chi connectivity index (χ2n) is 12.3. The lowest BCUT2D eigenvalue weighted by molar-refractivity contribution is -0.139. The van der Waals surface area contributed by atoms with E-state index >= 15 is 0 Å². The van der Waals surface area contributed by atoms with E-state index in [9.17, 15) is 24.3 Å². The van der Waals surface area contributed by atoms with Gasteiger partial charge in [0.2, 0.25) is 0 Å². The van der Waals surface area contributed by atoms with E-state index in [4.69, 9.17) is 18.9 Å². The molecule has 0 spiro atoms. The molecule has 0 bridgehead atoms. The quantitative estimate of drug-likeness (QED) is 0.189. The molecule has 2 N–H and O–H groups in total. The maximum atomic E-state index is 12.6. The van der Waals surface area contributed by atoms with Crippen LogP contribution in [0.3, 0.4) is 0 Å². The lowest BCUT2D eigenvalue weighted by Gasteiger charge is -2.20. The summed E-state index contributed by atoms with van der Waals surface area (Å²) in [4.78, 5) is 49.1. The Balaban J connectivity index is 2.11. The van der Waals surface area contributed by atoms with Gasteiger partial charge < -0.3 is 29.4 Å². The molecule has 0 aromatic heterocycles. The largest absolute Gasteiger partial charge is 0.514 e. The summed E-state index contributed by atoms with van der Waals surface area (Å²) in [5.41, 5.74) is -0.113. The monoisotopic (exact) mass is 571 g/mol. The first-order chi connectivity index (χ1) is 19.0. The third-order valence-corrected chi connectivity index (χ3v) is 5.44. The number of para-hydroxylation sites is 1. The number of hydrogen-bond donors (Lipinski definition) is 2. The lowest BCUT2D eigenvalue weighted by Crippen LogP contribution is -2.42. The van der Waals surface area contributed by atoms with Crippen molar-refractivity contribution in [1.82, 2.24) is 5.32 Å². The number of carboxylic acids is 1. The van der Waals surface area contributed by atoms with Crippen LogP contribution >= 0.6 is 0 Å². The minimum atomic E-state index is -1.13. The number of esters is 2. The molecule has 0 aliphatic rings. The van der Waals surface area contributed by atoms with Crippen LogP contribution in [0, 0.1) is 10.8 Å². The Hall–Kier alpha value is -3.92. The fraction of sp³-hybridized carbons (Fsp3) is 0.484. The summed E-state index contributed by atoms with van der Waals surface area (Å²) in [7, 11) is 0. The van der Waals surface area contributed by atoms with Crippen molar-refractivity contribution >= 4 is 24.1 Å². The van der Waals surface area contributed by atoms with Crippen molar-refractivity contribution in [2.75, 3.05) is 6.54 Å². The van der Waals surface area contributed by atoms with Crippen molar-refractivity contribution < 1.29 is 43.2 Å². The van der Waals surface area contributed by atoms with E-state index in [1.165, 1.54) is 12.1 Å². The van der Waals surface area contributed by atoms with E-state index in [1.54, 1.807) is 43.3 Å². The van der Waals surface area contributed by atoms with Gasteiger partial charge in [0, 0.05) is 6.54 Å². The van der Waals surface area contributed by atoms with Crippen molar-refractivity contribution in [1.29, 1.82) is 0 Å². The van der Waals surface area contributed by atoms with Crippen LogP contribution in [-0.4, -0.2) is 47.9 Å². The van der Waals surface area contributed by atoms with Crippen molar-refractivity contribution in [3.63, 3.8) is 0 Å². The molecule has 2 rings (SSSR count). The van der Waals surface area contributed by atoms with Gasteiger partial charge >= 0.3 is 24.1 Å². The van der Waals surface area contributed by atoms with Crippen LogP contribution in [0.2, 0.25) is 0 Å². The van der Waals surface area contributed by atoms with E-state index < -0.39 is 36.2 Å². The molecule has 41 heavy (non-hydrogen) atoms. The van der Waals surface area contributed by atoms with Gasteiger partial charge in [-0.2, -0.15) is 0 Å². The van der Waals surface area contributed by atoms with E-state index in [0.717, 1.165) is 0 Å². The highest BCUT2D eigenvalue weighted by molar-refractivity contribution is 5.77. The number of aliphatic carboxylic acids is 1. The first-order valence-electron chi connectivity index (χ1n) is 13.4. The highest BCUT2D eigenvalue weighted by atomic mass is 16.7. The van der Waals surface area contributed by atoms with E-state index in [1.807, 2.05) is 41.5 Å². The van der Waals surface area contributed by atoms with E-state index in [-0.39, 0.29) is 48.1 Å². The molecule has 0 saturated carbocycles. The van der Waals surface area contributed by atoms with Gasteiger partial charge in [-0.15, -0.1) is 0 Å². The molecule has 10 heteroatoms. The number of carbonyl (C=O) groups excluding carboxylic acids is 3. The van der Waals surface area contributed by atoms with Gasteiger partial charge in [0.05, 0.1) is 12.8 Å². The van der Waals surface area contributed by atoms with Crippen molar-refractivity contribution in [2.24, 2.45) is 10.8 Å². The molecule has 0 saturated heterocycles. The van der Waals surface area contributed by atoms with Crippen LogP contribution in [0.4, 0.5) is 4.79 Å². The lowest BCUT2D eigenvalue weighted by atomic mass is 9.92. The first-order valence-corrected chi connectivity index (χ1v) is 13.4. The summed E-state index contributed by atoms with van der Waals surface area (Å²) >= 11 is 0. The number of nitrogens with one attached hydrogen (secondary N) is 1. The Morgan fingerprint density at radius 2 is 1.37 bits per heavy atom. The second kappa shape index (κ2) is 14.6. The van der Waals surface area contributed by atoms with Gasteiger partial charge in [-0.25, -0.2) is 4.79 Å². The number of carboxylic acid groups (broad SMARTS) is 1. The average molecular weight is 572 g/mol. The molecule has 0 aliphatic heterocycles. The van der Waals surface area contributed by atoms with Gasteiger partial charge in [0.15, 0.2) is 11.5 Å². The Morgan fingerprint density at radius 3 is 1.90 bits per heavy atom. The maximum Gasteiger partial charge on any atom is 0.514 e. The summed E-state index contributed by atoms with van der Waals surface area (Å²) in [5, 5.41) is 12.7. The number of rotatable bonds is 12. The molecule has 0 aliphatic carbocycles. The molecular formula is C31H41NO9. The van der Waals surface area contributed by atoms with Crippen LogP contribution in [0.5, 0.6) is 17.2 Å². The summed E-state index contributed by atoms with van der Waals surface area (Å²) < 4.78 is 21.4. The molecule has 1 unspecified atom stereocenters. The minimum absolute atomic E-state index is 0.0105. The smallest absolute Gasteiger partial charge is 0.480 e. The molecule has 0 radical (unpaired) electrons. The topological polar surface area (TPSA) is 137 Å². The van der Waals surface area contributed by atoms with Crippen LogP contribution in [0.25, 0.3) is 0 Å². The van der Waals surface area contributed by atoms with Gasteiger partial charge in [-0.3, -0.25) is 14.4 Å². The summed E-state index contributed by atoms with van der Waals surface area (Å²) in [5.74, 6) is -1.69. The zero-order valence-corrected chi connectivity index (χ0v) is 24.8. The molecule has 0 heterocycles. The highest BCUT2D eigenvalue weighted by Gasteiger charge is 2.24. The van der Waals surface area contributed by atoms with Gasteiger partial charge in [-0.1, -0.05) is 65.8 Å². The van der Waals surface area contributed by atoms with Crippen molar-refractivity contribution in [2.45, 2.75) is 79.9 Å². The predicted octanol–water partition coefficient (Wildman–Crippen LogP) is 5.56. The summed E-state index contributed by atoms with van der Waals surface area (Å²) in [6, 6.07) is 12.0. The molecular weight excluding hydrogens is 530 g/mol. The molecule has 0 fully saturated rings. The molecule has 0 amide bonds. The van der Waals surface area contributed by atoms with Crippen molar-refractivity contribution in [3.8, 4) is 17.2 Å². The molecule has 2 aromatic carbocycles. The number of ether oxygens (including phenoxy) is 4. The average Bonchev–Trinajstić information content (AvgIpc) is 2.81. The van der Waals surface area contributed by atoms with Gasteiger partial charge in [0.25, 0.3) is 0 Å². The SMILES string of the molecule is CC(CN[C@@H](Cc1ccc(OC(=O)CC(C)(C)C)c(OC(=O)CC(C)(C)C)c1)C(=O)O)OC(=O)Oc1ccccc1. The number of hydrogen-bond acceptors (Lipinski definition) is 9. The molecule has 2 aromatic rings. The zero-order valence-electron chi connectivity index (χ0n) is 24.8. The van der Waals surface area contributed by atoms with Crippen LogP contribution in [0.15, 0.2) is 48.5 Å². The molecule has 2 atom stereocenters. The zero-order chi connectivity index (χ0) is 30.8. The van der Waals surface area contributed by atoms with Crippen LogP contribution in [-0.2, 0) is 25.5 Å². The number of carbonyl (C=O) groups is 4.